The molecule has 4 heteroatoms. The molecule has 5 aromatic heterocycles. The number of fused-ring (bicyclic) bond motifs is 12. The number of hydrogen-bond acceptors (Lipinski definition) is 3. The van der Waals surface area contributed by atoms with Crippen molar-refractivity contribution in [1.29, 1.82) is 0 Å². The Morgan fingerprint density at radius 1 is 0.404 bits per heavy atom. The van der Waals surface area contributed by atoms with Gasteiger partial charge in [0.2, 0.25) is 0 Å². The van der Waals surface area contributed by atoms with E-state index in [-0.39, 0.29) is 0 Å². The Morgan fingerprint density at radius 2 is 0.942 bits per heavy atom. The van der Waals surface area contributed by atoms with Gasteiger partial charge in [0.05, 0.1) is 39.0 Å². The summed E-state index contributed by atoms with van der Waals surface area (Å²) in [6.45, 7) is 0. The average Bonchev–Trinajstić information content (AvgIpc) is 3.87. The van der Waals surface area contributed by atoms with Crippen LogP contribution in [0.5, 0.6) is 0 Å². The number of rotatable bonds is 3. The second-order valence-electron chi connectivity index (χ2n) is 13.7. The van der Waals surface area contributed by atoms with Crippen molar-refractivity contribution in [2.45, 2.75) is 0 Å². The first-order valence-electron chi connectivity index (χ1n) is 17.7. The molecule has 0 spiro atoms. The van der Waals surface area contributed by atoms with Crippen molar-refractivity contribution in [3.8, 4) is 33.6 Å². The van der Waals surface area contributed by atoms with Crippen LogP contribution in [-0.2, 0) is 0 Å². The molecule has 52 heavy (non-hydrogen) atoms. The normalized spacial score (nSPS) is 12.2. The van der Waals surface area contributed by atoms with Crippen LogP contribution in [-0.4, -0.2) is 14.4 Å². The Kier molecular flexibility index (Phi) is 5.65. The number of para-hydroxylation sites is 2. The first-order valence-corrected chi connectivity index (χ1v) is 18.5. The maximum Gasteiger partial charge on any atom is 0.0972 e. The maximum atomic E-state index is 5.36. The summed E-state index contributed by atoms with van der Waals surface area (Å²) in [4.78, 5) is 10.6. The first kappa shape index (κ1) is 28.1. The van der Waals surface area contributed by atoms with Crippen LogP contribution in [0.25, 0.3) is 114 Å². The quantitative estimate of drug-likeness (QED) is 0.174. The van der Waals surface area contributed by atoms with E-state index in [0.29, 0.717) is 0 Å². The third kappa shape index (κ3) is 3.90. The van der Waals surface area contributed by atoms with Crippen molar-refractivity contribution in [2.24, 2.45) is 0 Å². The van der Waals surface area contributed by atoms with E-state index in [1.807, 2.05) is 11.3 Å². The van der Waals surface area contributed by atoms with Crippen LogP contribution < -0.4 is 0 Å². The van der Waals surface area contributed by atoms with Crippen LogP contribution in [0, 0.1) is 0 Å². The van der Waals surface area contributed by atoms with E-state index in [9.17, 15) is 0 Å². The van der Waals surface area contributed by atoms with Crippen LogP contribution in [0.3, 0.4) is 0 Å². The van der Waals surface area contributed by atoms with Gasteiger partial charge in [-0.3, -0.25) is 0 Å². The molecule has 12 aromatic rings. The van der Waals surface area contributed by atoms with Crippen LogP contribution >= 0.6 is 11.3 Å². The second kappa shape index (κ2) is 10.5. The topological polar surface area (TPSA) is 30.2 Å². The van der Waals surface area contributed by atoms with E-state index in [2.05, 4.69) is 168 Å². The Morgan fingerprint density at radius 3 is 1.62 bits per heavy atom. The number of hydrogen-bond donors (Lipinski definition) is 0. The van der Waals surface area contributed by atoms with Gasteiger partial charge in [0.15, 0.2) is 0 Å². The van der Waals surface area contributed by atoms with E-state index in [4.69, 9.17) is 9.97 Å². The molecule has 3 nitrogen and oxygen atoms in total. The summed E-state index contributed by atoms with van der Waals surface area (Å²) in [7, 11) is 0. The molecule has 0 saturated heterocycles. The molecule has 0 amide bonds. The summed E-state index contributed by atoms with van der Waals surface area (Å²) in [6.07, 6.45) is 0. The van der Waals surface area contributed by atoms with Crippen LogP contribution in [0.4, 0.5) is 0 Å². The Hall–Kier alpha value is -6.62. The number of pyridine rings is 2. The zero-order chi connectivity index (χ0) is 33.9. The molecule has 0 aliphatic carbocycles. The molecule has 0 fully saturated rings. The molecule has 0 atom stereocenters. The van der Waals surface area contributed by atoms with Gasteiger partial charge in [-0.05, 0) is 53.6 Å². The predicted molar refractivity (Wildman–Crippen MR) is 221 cm³/mol. The Balaban J connectivity index is 0.993. The maximum absolute atomic E-state index is 5.36. The molecule has 0 unspecified atom stereocenters. The monoisotopic (exact) mass is 677 g/mol. The van der Waals surface area contributed by atoms with Gasteiger partial charge < -0.3 is 4.40 Å². The molecule has 0 saturated carbocycles. The van der Waals surface area contributed by atoms with Crippen molar-refractivity contribution in [1.82, 2.24) is 14.4 Å². The van der Waals surface area contributed by atoms with Gasteiger partial charge in [-0.15, -0.1) is 11.3 Å². The van der Waals surface area contributed by atoms with Crippen LogP contribution in [0.2, 0.25) is 0 Å². The van der Waals surface area contributed by atoms with Crippen molar-refractivity contribution in [3.63, 3.8) is 0 Å². The lowest BCUT2D eigenvalue weighted by molar-refractivity contribution is 1.36. The standard InChI is InChI=1S/C48H27N3S/c1-4-13-42-34(8-1)38-26-32(27-39-35-9-2-5-14-43(35)51(42)47(38)39)41-25-23-31-21-20-30-22-24-40(49-45(30)46(31)50-41)29-18-16-28(17-19-29)33-11-7-12-37-36-10-3-6-15-44(36)52-48(33)37/h1-27H. The van der Waals surface area contributed by atoms with E-state index in [1.165, 1.54) is 69.4 Å². The third-order valence-electron chi connectivity index (χ3n) is 10.9. The summed E-state index contributed by atoms with van der Waals surface area (Å²) in [5.41, 5.74) is 12.2. The van der Waals surface area contributed by atoms with E-state index < -0.39 is 0 Å². The summed E-state index contributed by atoms with van der Waals surface area (Å²) < 4.78 is 5.07. The molecule has 7 aromatic carbocycles. The summed E-state index contributed by atoms with van der Waals surface area (Å²) >= 11 is 1.87. The largest absolute Gasteiger partial charge is 0.308 e. The fourth-order valence-corrected chi connectivity index (χ4v) is 9.72. The highest BCUT2D eigenvalue weighted by Gasteiger charge is 2.19. The smallest absolute Gasteiger partial charge is 0.0972 e. The molecular formula is C48H27N3S. The van der Waals surface area contributed by atoms with Gasteiger partial charge in [0.1, 0.15) is 0 Å². The summed E-state index contributed by atoms with van der Waals surface area (Å²) in [6, 6.07) is 59.2. The van der Waals surface area contributed by atoms with E-state index >= 15 is 0 Å². The van der Waals surface area contributed by atoms with Crippen LogP contribution in [0.15, 0.2) is 164 Å². The molecule has 5 heterocycles. The molecule has 0 N–H and O–H groups in total. The van der Waals surface area contributed by atoms with Crippen LogP contribution in [0.1, 0.15) is 0 Å². The lowest BCUT2D eigenvalue weighted by atomic mass is 10.00. The molecule has 0 bridgehead atoms. The Labute approximate surface area is 302 Å². The van der Waals surface area contributed by atoms with Gasteiger partial charge >= 0.3 is 0 Å². The second-order valence-corrected chi connectivity index (χ2v) is 14.8. The minimum Gasteiger partial charge on any atom is -0.308 e. The highest BCUT2D eigenvalue weighted by molar-refractivity contribution is 7.26. The lowest BCUT2D eigenvalue weighted by Gasteiger charge is -2.09. The highest BCUT2D eigenvalue weighted by Crippen LogP contribution is 2.43. The molecule has 0 radical (unpaired) electrons. The minimum absolute atomic E-state index is 0.920. The molecule has 240 valence electrons. The highest BCUT2D eigenvalue weighted by atomic mass is 32.1. The SMILES string of the molecule is c1ccc2c(c1)sc1c(-c3ccc(-c4ccc5ccc6ccc(-c7cc8c9ccccc9n9c%10ccccc%10c(c7)c89)nc6c5n4)cc3)cccc12. The van der Waals surface area contributed by atoms with Gasteiger partial charge in [-0.1, -0.05) is 121 Å². The fraction of sp³-hybridized carbons (Fsp3) is 0. The van der Waals surface area contributed by atoms with Gasteiger partial charge in [0, 0.05) is 63.6 Å². The fourth-order valence-electron chi connectivity index (χ4n) is 8.48. The third-order valence-corrected chi connectivity index (χ3v) is 12.1. The molecular weight excluding hydrogens is 651 g/mol. The van der Waals surface area contributed by atoms with E-state index in [0.717, 1.165) is 44.3 Å². The van der Waals surface area contributed by atoms with Gasteiger partial charge in [-0.25, -0.2) is 9.97 Å². The average molecular weight is 678 g/mol. The molecule has 0 aliphatic rings. The predicted octanol–water partition coefficient (Wildman–Crippen LogP) is 13.3. The van der Waals surface area contributed by atoms with Gasteiger partial charge in [-0.2, -0.15) is 0 Å². The summed E-state index contributed by atoms with van der Waals surface area (Å²) in [5.74, 6) is 0. The van der Waals surface area contributed by atoms with Crippen molar-refractivity contribution in [2.75, 3.05) is 0 Å². The van der Waals surface area contributed by atoms with E-state index in [1.54, 1.807) is 0 Å². The Bertz CT molecular complexity index is 3320. The van der Waals surface area contributed by atoms with Crippen molar-refractivity contribution in [3.05, 3.63) is 164 Å². The first-order chi connectivity index (χ1) is 25.8. The van der Waals surface area contributed by atoms with Gasteiger partial charge in [0.25, 0.3) is 0 Å². The number of nitrogens with zero attached hydrogens (tertiary/aromatic N) is 3. The lowest BCUT2D eigenvalue weighted by Crippen LogP contribution is -1.91. The molecule has 12 rings (SSSR count). The van der Waals surface area contributed by atoms with Crippen molar-refractivity contribution < 1.29 is 0 Å². The van der Waals surface area contributed by atoms with Crippen molar-refractivity contribution >= 4 is 91.4 Å². The number of thiophene rings is 1. The minimum atomic E-state index is 0.920. The summed E-state index contributed by atoms with van der Waals surface area (Å²) in [5, 5.41) is 9.84. The zero-order valence-electron chi connectivity index (χ0n) is 27.8. The number of benzene rings is 7. The number of aromatic nitrogens is 3. The molecule has 0 aliphatic heterocycles. The zero-order valence-corrected chi connectivity index (χ0v) is 28.7.